The summed E-state index contributed by atoms with van der Waals surface area (Å²) in [4.78, 5) is 0. The zero-order chi connectivity index (χ0) is 11.7. The van der Waals surface area contributed by atoms with Crippen LogP contribution in [0.4, 0.5) is 0 Å². The maximum absolute atomic E-state index is 5.86. The summed E-state index contributed by atoms with van der Waals surface area (Å²) in [5.74, 6) is 1.96. The Labute approximate surface area is 106 Å². The van der Waals surface area contributed by atoms with Crippen LogP contribution in [-0.2, 0) is 6.54 Å². The van der Waals surface area contributed by atoms with E-state index in [1.807, 2.05) is 30.3 Å². The molecular weight excluding hydrogens is 234 g/mol. The van der Waals surface area contributed by atoms with Crippen LogP contribution < -0.4 is 5.32 Å². The molecule has 3 rings (SSSR count). The Hall–Kier alpha value is -1.25. The molecule has 0 unspecified atom stereocenters. The van der Waals surface area contributed by atoms with Crippen LogP contribution in [-0.4, -0.2) is 6.04 Å². The largest absolute Gasteiger partial charge is 0.455 e. The Bertz CT molecular complexity index is 499. The van der Waals surface area contributed by atoms with Gasteiger partial charge in [-0.1, -0.05) is 11.6 Å². The summed E-state index contributed by atoms with van der Waals surface area (Å²) in [6.45, 7) is 0.943. The Balaban J connectivity index is 1.72. The molecule has 3 heteroatoms. The average Bonchev–Trinajstić information content (AvgIpc) is 3.06. The van der Waals surface area contributed by atoms with E-state index in [9.17, 15) is 0 Å². The molecule has 1 fully saturated rings. The van der Waals surface area contributed by atoms with E-state index in [2.05, 4.69) is 11.4 Å². The number of halogens is 1. The highest BCUT2D eigenvalue weighted by atomic mass is 35.5. The second kappa shape index (κ2) is 4.55. The predicted molar refractivity (Wildman–Crippen MR) is 67.8 cm³/mol. The summed E-state index contributed by atoms with van der Waals surface area (Å²) >= 11 is 5.86. The Morgan fingerprint density at radius 2 is 1.88 bits per heavy atom. The summed E-state index contributed by atoms with van der Waals surface area (Å²) in [5.41, 5.74) is 1.08. The van der Waals surface area contributed by atoms with Crippen LogP contribution in [0, 0.1) is 0 Å². The molecule has 17 heavy (non-hydrogen) atoms. The first-order chi connectivity index (χ1) is 8.31. The molecule has 2 nitrogen and oxygen atoms in total. The molecular formula is C14H15ClNO+. The minimum Gasteiger partial charge on any atom is -0.455 e. The lowest BCUT2D eigenvalue weighted by atomic mass is 10.2. The van der Waals surface area contributed by atoms with Crippen molar-refractivity contribution >= 4 is 11.6 Å². The Kier molecular flexibility index (Phi) is 2.91. The van der Waals surface area contributed by atoms with Crippen molar-refractivity contribution < 1.29 is 9.73 Å². The standard InChI is InChI=1S/C14H14ClNO/c15-11-3-1-10(2-4-11)14-8-7-13(17-14)9-16-12-5-6-12/h1-4,7-8,12,16H,5-6,9H2/p+1. The molecule has 0 amide bonds. The van der Waals surface area contributed by atoms with Gasteiger partial charge in [-0.05, 0) is 36.4 Å². The average molecular weight is 249 g/mol. The lowest BCUT2D eigenvalue weighted by molar-refractivity contribution is -0.685. The zero-order valence-electron chi connectivity index (χ0n) is 9.53. The molecule has 1 heterocycles. The molecule has 1 aliphatic carbocycles. The maximum atomic E-state index is 5.86. The number of furan rings is 1. The van der Waals surface area contributed by atoms with Crippen LogP contribution in [0.1, 0.15) is 18.6 Å². The molecule has 2 N–H and O–H groups in total. The lowest BCUT2D eigenvalue weighted by Crippen LogP contribution is -2.84. The van der Waals surface area contributed by atoms with Crippen LogP contribution in [0.15, 0.2) is 40.8 Å². The van der Waals surface area contributed by atoms with Gasteiger partial charge in [0.05, 0.1) is 6.04 Å². The minimum absolute atomic E-state index is 0.752. The first-order valence-electron chi connectivity index (χ1n) is 5.99. The van der Waals surface area contributed by atoms with Gasteiger partial charge in [-0.25, -0.2) is 0 Å². The van der Waals surface area contributed by atoms with Gasteiger partial charge in [-0.2, -0.15) is 0 Å². The molecule has 1 aromatic carbocycles. The summed E-state index contributed by atoms with van der Waals surface area (Å²) in [7, 11) is 0. The van der Waals surface area contributed by atoms with E-state index >= 15 is 0 Å². The van der Waals surface area contributed by atoms with Gasteiger partial charge in [-0.3, -0.25) is 0 Å². The fourth-order valence-corrected chi connectivity index (χ4v) is 2.00. The smallest absolute Gasteiger partial charge is 0.158 e. The summed E-state index contributed by atoms with van der Waals surface area (Å²) in [5, 5.41) is 3.10. The fraction of sp³-hybridized carbons (Fsp3) is 0.286. The molecule has 0 aliphatic heterocycles. The molecule has 0 radical (unpaired) electrons. The number of hydrogen-bond donors (Lipinski definition) is 1. The highest BCUT2D eigenvalue weighted by molar-refractivity contribution is 6.30. The molecule has 0 bridgehead atoms. The van der Waals surface area contributed by atoms with E-state index in [0.717, 1.165) is 34.7 Å². The Morgan fingerprint density at radius 1 is 1.12 bits per heavy atom. The third-order valence-corrected chi connectivity index (χ3v) is 3.32. The van der Waals surface area contributed by atoms with E-state index in [1.165, 1.54) is 12.8 Å². The van der Waals surface area contributed by atoms with E-state index in [-0.39, 0.29) is 0 Å². The van der Waals surface area contributed by atoms with E-state index in [4.69, 9.17) is 16.0 Å². The van der Waals surface area contributed by atoms with Gasteiger partial charge < -0.3 is 9.73 Å². The second-order valence-corrected chi connectivity index (χ2v) is 4.99. The lowest BCUT2D eigenvalue weighted by Gasteiger charge is -1.98. The van der Waals surface area contributed by atoms with Gasteiger partial charge in [0.15, 0.2) is 5.76 Å². The second-order valence-electron chi connectivity index (χ2n) is 4.55. The van der Waals surface area contributed by atoms with E-state index < -0.39 is 0 Å². The van der Waals surface area contributed by atoms with Crippen molar-refractivity contribution in [1.82, 2.24) is 0 Å². The van der Waals surface area contributed by atoms with Gasteiger partial charge in [0.2, 0.25) is 0 Å². The van der Waals surface area contributed by atoms with Crippen LogP contribution >= 0.6 is 11.6 Å². The van der Waals surface area contributed by atoms with Gasteiger partial charge in [0.1, 0.15) is 12.3 Å². The van der Waals surface area contributed by atoms with Crippen LogP contribution in [0.3, 0.4) is 0 Å². The van der Waals surface area contributed by atoms with Crippen molar-refractivity contribution in [3.8, 4) is 11.3 Å². The van der Waals surface area contributed by atoms with Crippen molar-refractivity contribution in [2.45, 2.75) is 25.4 Å². The predicted octanol–water partition coefficient (Wildman–Crippen LogP) is 2.83. The van der Waals surface area contributed by atoms with Crippen molar-refractivity contribution in [2.24, 2.45) is 0 Å². The molecule has 1 aromatic heterocycles. The molecule has 88 valence electrons. The summed E-state index contributed by atoms with van der Waals surface area (Å²) in [6.07, 6.45) is 2.70. The number of quaternary nitrogens is 1. The summed E-state index contributed by atoms with van der Waals surface area (Å²) in [6, 6.07) is 12.6. The monoisotopic (exact) mass is 248 g/mol. The van der Waals surface area contributed by atoms with Crippen LogP contribution in [0.5, 0.6) is 0 Å². The van der Waals surface area contributed by atoms with Crippen LogP contribution in [0.2, 0.25) is 5.02 Å². The summed E-state index contributed by atoms with van der Waals surface area (Å²) < 4.78 is 5.81. The number of benzene rings is 1. The molecule has 0 atom stereocenters. The normalized spacial score (nSPS) is 15.1. The number of rotatable bonds is 4. The molecule has 2 aromatic rings. The van der Waals surface area contributed by atoms with Crippen molar-refractivity contribution in [3.63, 3.8) is 0 Å². The van der Waals surface area contributed by atoms with Gasteiger partial charge in [-0.15, -0.1) is 0 Å². The quantitative estimate of drug-likeness (QED) is 0.886. The van der Waals surface area contributed by atoms with Gasteiger partial charge in [0, 0.05) is 23.4 Å². The number of hydrogen-bond acceptors (Lipinski definition) is 1. The number of nitrogens with two attached hydrogens (primary N) is 1. The third kappa shape index (κ3) is 2.71. The molecule has 1 saturated carbocycles. The molecule has 0 saturated heterocycles. The first kappa shape index (κ1) is 10.9. The van der Waals surface area contributed by atoms with Crippen molar-refractivity contribution in [1.29, 1.82) is 0 Å². The molecule has 1 aliphatic rings. The van der Waals surface area contributed by atoms with E-state index in [0.29, 0.717) is 0 Å². The fourth-order valence-electron chi connectivity index (χ4n) is 1.87. The topological polar surface area (TPSA) is 29.8 Å². The van der Waals surface area contributed by atoms with E-state index in [1.54, 1.807) is 0 Å². The van der Waals surface area contributed by atoms with Gasteiger partial charge in [0.25, 0.3) is 0 Å². The zero-order valence-corrected chi connectivity index (χ0v) is 10.3. The highest BCUT2D eigenvalue weighted by Gasteiger charge is 2.25. The van der Waals surface area contributed by atoms with Crippen molar-refractivity contribution in [3.05, 3.63) is 47.2 Å². The Morgan fingerprint density at radius 3 is 2.59 bits per heavy atom. The maximum Gasteiger partial charge on any atom is 0.158 e. The third-order valence-electron chi connectivity index (χ3n) is 3.06. The van der Waals surface area contributed by atoms with Crippen LogP contribution in [0.25, 0.3) is 11.3 Å². The molecule has 0 spiro atoms. The van der Waals surface area contributed by atoms with Gasteiger partial charge >= 0.3 is 0 Å². The first-order valence-corrected chi connectivity index (χ1v) is 6.37. The SMILES string of the molecule is Clc1ccc(-c2ccc(C[NH2+]C3CC3)o2)cc1. The van der Waals surface area contributed by atoms with Crippen molar-refractivity contribution in [2.75, 3.05) is 0 Å². The minimum atomic E-state index is 0.752. The highest BCUT2D eigenvalue weighted by Crippen LogP contribution is 2.23.